The molecule has 0 aliphatic carbocycles. The van der Waals surface area contributed by atoms with Gasteiger partial charge in [0.25, 0.3) is 0 Å². The summed E-state index contributed by atoms with van der Waals surface area (Å²) < 4.78 is 14.5. The first-order valence-electron chi connectivity index (χ1n) is 5.96. The minimum absolute atomic E-state index is 0.276. The number of hydrogen-bond donors (Lipinski definition) is 1. The molecule has 3 heteroatoms. The maximum atomic E-state index is 13.4. The van der Waals surface area contributed by atoms with Gasteiger partial charge in [-0.3, -0.25) is 0 Å². The molecule has 0 amide bonds. The Morgan fingerprint density at radius 2 is 2.06 bits per heavy atom. The van der Waals surface area contributed by atoms with E-state index in [1.54, 1.807) is 13.8 Å². The fourth-order valence-electron chi connectivity index (χ4n) is 1.69. The lowest BCUT2D eigenvalue weighted by Crippen LogP contribution is -2.37. The molecule has 1 nitrogen and oxygen atoms in total. The Bertz CT molecular complexity index is 371. The normalized spacial score (nSPS) is 13.8. The zero-order valence-corrected chi connectivity index (χ0v) is 12.6. The monoisotopic (exact) mass is 301 g/mol. The average Bonchev–Trinajstić information content (AvgIpc) is 2.21. The van der Waals surface area contributed by atoms with Gasteiger partial charge < -0.3 is 5.32 Å². The van der Waals surface area contributed by atoms with Gasteiger partial charge >= 0.3 is 0 Å². The topological polar surface area (TPSA) is 12.0 Å². The molecule has 0 aliphatic rings. The second-order valence-electron chi connectivity index (χ2n) is 5.23. The maximum Gasteiger partial charge on any atom is 0.117 e. The van der Waals surface area contributed by atoms with Crippen molar-refractivity contribution in [1.82, 2.24) is 5.32 Å². The summed E-state index contributed by atoms with van der Waals surface area (Å²) in [6.45, 7) is 7.77. The average molecular weight is 302 g/mol. The van der Waals surface area contributed by atoms with Gasteiger partial charge in [-0.2, -0.15) is 0 Å². The van der Waals surface area contributed by atoms with Crippen molar-refractivity contribution in [3.8, 4) is 0 Å². The van der Waals surface area contributed by atoms with Gasteiger partial charge in [0.2, 0.25) is 0 Å². The molecule has 0 fully saturated rings. The molecule has 1 aromatic rings. The molecular formula is C14H21BrFN. The van der Waals surface area contributed by atoms with E-state index < -0.39 is 5.67 Å². The molecular weight excluding hydrogens is 281 g/mol. The Balaban J connectivity index is 2.56. The van der Waals surface area contributed by atoms with Crippen molar-refractivity contribution in [2.24, 2.45) is 0 Å². The van der Waals surface area contributed by atoms with Crippen LogP contribution in [0.5, 0.6) is 0 Å². The zero-order chi connectivity index (χ0) is 13.1. The van der Waals surface area contributed by atoms with Crippen molar-refractivity contribution >= 4 is 15.9 Å². The highest BCUT2D eigenvalue weighted by Crippen LogP contribution is 2.20. The fourth-order valence-corrected chi connectivity index (χ4v) is 2.10. The smallest absolute Gasteiger partial charge is 0.117 e. The quantitative estimate of drug-likeness (QED) is 0.866. The lowest BCUT2D eigenvalue weighted by Gasteiger charge is -2.20. The molecule has 1 unspecified atom stereocenters. The van der Waals surface area contributed by atoms with E-state index in [0.717, 1.165) is 10.9 Å². The molecule has 0 heterocycles. The first kappa shape index (κ1) is 14.7. The van der Waals surface area contributed by atoms with Crippen LogP contribution in [0.4, 0.5) is 4.39 Å². The van der Waals surface area contributed by atoms with E-state index in [4.69, 9.17) is 0 Å². The molecule has 0 radical (unpaired) electrons. The predicted molar refractivity (Wildman–Crippen MR) is 75.2 cm³/mol. The van der Waals surface area contributed by atoms with E-state index in [-0.39, 0.29) is 6.04 Å². The number of hydrogen-bond acceptors (Lipinski definition) is 1. The molecule has 1 atom stereocenters. The third-order valence-electron chi connectivity index (χ3n) is 2.78. The van der Waals surface area contributed by atoms with E-state index in [2.05, 4.69) is 41.2 Å². The van der Waals surface area contributed by atoms with Crippen LogP contribution in [0, 0.1) is 6.92 Å². The molecule has 1 N–H and O–H groups in total. The zero-order valence-electron chi connectivity index (χ0n) is 11.0. The molecule has 0 saturated heterocycles. The molecule has 0 aromatic heterocycles. The Hall–Kier alpha value is -0.410. The first-order valence-corrected chi connectivity index (χ1v) is 6.75. The predicted octanol–water partition coefficient (Wildman–Crippen LogP) is 4.03. The number of alkyl halides is 1. The molecule has 1 rings (SSSR count). The van der Waals surface area contributed by atoms with Crippen LogP contribution in [-0.4, -0.2) is 18.3 Å². The molecule has 0 aliphatic heterocycles. The van der Waals surface area contributed by atoms with E-state index >= 15 is 0 Å². The summed E-state index contributed by atoms with van der Waals surface area (Å²) in [4.78, 5) is 0. The van der Waals surface area contributed by atoms with Crippen LogP contribution in [0.25, 0.3) is 0 Å². The summed E-state index contributed by atoms with van der Waals surface area (Å²) in [5, 5.41) is 3.23. The van der Waals surface area contributed by atoms with Gasteiger partial charge in [0.05, 0.1) is 0 Å². The summed E-state index contributed by atoms with van der Waals surface area (Å²) in [5.41, 5.74) is 1.41. The lowest BCUT2D eigenvalue weighted by molar-refractivity contribution is 0.204. The van der Waals surface area contributed by atoms with Crippen LogP contribution in [0.1, 0.15) is 31.9 Å². The third-order valence-corrected chi connectivity index (χ3v) is 3.64. The van der Waals surface area contributed by atoms with Crippen molar-refractivity contribution in [3.05, 3.63) is 33.8 Å². The van der Waals surface area contributed by atoms with Crippen molar-refractivity contribution in [2.75, 3.05) is 6.54 Å². The Morgan fingerprint density at radius 1 is 1.41 bits per heavy atom. The molecule has 0 bridgehead atoms. The first-order chi connectivity index (χ1) is 7.79. The fraction of sp³-hybridized carbons (Fsp3) is 0.571. The van der Waals surface area contributed by atoms with Crippen molar-refractivity contribution in [2.45, 2.75) is 45.8 Å². The van der Waals surface area contributed by atoms with Gasteiger partial charge in [-0.25, -0.2) is 4.39 Å². The van der Waals surface area contributed by atoms with Crippen LogP contribution < -0.4 is 5.32 Å². The summed E-state index contributed by atoms with van der Waals surface area (Å²) in [6, 6.07) is 6.48. The van der Waals surface area contributed by atoms with E-state index in [1.165, 1.54) is 11.1 Å². The van der Waals surface area contributed by atoms with Crippen molar-refractivity contribution in [3.63, 3.8) is 0 Å². The van der Waals surface area contributed by atoms with Crippen molar-refractivity contribution in [1.29, 1.82) is 0 Å². The molecule has 96 valence electrons. The molecule has 0 saturated carbocycles. The van der Waals surface area contributed by atoms with Crippen LogP contribution in [0.3, 0.4) is 0 Å². The van der Waals surface area contributed by atoms with Crippen LogP contribution >= 0.6 is 15.9 Å². The molecule has 1 aromatic carbocycles. The number of halogens is 2. The van der Waals surface area contributed by atoms with Crippen LogP contribution in [-0.2, 0) is 6.42 Å². The second kappa shape index (κ2) is 5.96. The number of benzene rings is 1. The maximum absolute atomic E-state index is 13.4. The third kappa shape index (κ3) is 5.17. The number of nitrogens with one attached hydrogen (secondary N) is 1. The van der Waals surface area contributed by atoms with E-state index in [0.29, 0.717) is 6.54 Å². The van der Waals surface area contributed by atoms with Gasteiger partial charge in [0.1, 0.15) is 5.67 Å². The van der Waals surface area contributed by atoms with E-state index in [9.17, 15) is 4.39 Å². The van der Waals surface area contributed by atoms with Crippen molar-refractivity contribution < 1.29 is 4.39 Å². The van der Waals surface area contributed by atoms with Gasteiger partial charge in [0, 0.05) is 17.1 Å². The largest absolute Gasteiger partial charge is 0.311 e. The second-order valence-corrected chi connectivity index (χ2v) is 6.08. The SMILES string of the molecule is Cc1c(Br)cccc1CC(C)NCC(C)(C)F. The lowest BCUT2D eigenvalue weighted by atomic mass is 10.0. The highest BCUT2D eigenvalue weighted by atomic mass is 79.9. The summed E-state index contributed by atoms with van der Waals surface area (Å²) >= 11 is 3.53. The summed E-state index contributed by atoms with van der Waals surface area (Å²) in [6.07, 6.45) is 0.918. The number of rotatable bonds is 5. The summed E-state index contributed by atoms with van der Waals surface area (Å²) in [5.74, 6) is 0. The Kier molecular flexibility index (Phi) is 5.14. The van der Waals surface area contributed by atoms with Gasteiger partial charge in [-0.15, -0.1) is 0 Å². The highest BCUT2D eigenvalue weighted by molar-refractivity contribution is 9.10. The highest BCUT2D eigenvalue weighted by Gasteiger charge is 2.16. The summed E-state index contributed by atoms with van der Waals surface area (Å²) in [7, 11) is 0. The standard InChI is InChI=1S/C14H21BrFN/c1-10(17-9-14(3,4)16)8-12-6-5-7-13(15)11(12)2/h5-7,10,17H,8-9H2,1-4H3. The van der Waals surface area contributed by atoms with E-state index in [1.807, 2.05) is 12.1 Å². The van der Waals surface area contributed by atoms with Gasteiger partial charge in [-0.1, -0.05) is 28.1 Å². The Labute approximate surface area is 112 Å². The van der Waals surface area contributed by atoms with Crippen LogP contribution in [0.2, 0.25) is 0 Å². The van der Waals surface area contributed by atoms with Gasteiger partial charge in [0.15, 0.2) is 0 Å². The Morgan fingerprint density at radius 3 is 2.65 bits per heavy atom. The minimum atomic E-state index is -1.15. The van der Waals surface area contributed by atoms with Crippen LogP contribution in [0.15, 0.2) is 22.7 Å². The minimum Gasteiger partial charge on any atom is -0.311 e. The molecule has 0 spiro atoms. The van der Waals surface area contributed by atoms with Gasteiger partial charge in [-0.05, 0) is 51.3 Å². The molecule has 17 heavy (non-hydrogen) atoms.